The van der Waals surface area contributed by atoms with Crippen molar-refractivity contribution in [3.05, 3.63) is 24.3 Å². The maximum absolute atomic E-state index is 10.1. The Balaban J connectivity index is 3.29. The topological polar surface area (TPSA) is 57.5 Å². The number of carboxylic acids is 1. The summed E-state index contributed by atoms with van der Waals surface area (Å²) >= 11 is 0. The number of aliphatic carboxylic acids is 1. The summed E-state index contributed by atoms with van der Waals surface area (Å²) in [4.78, 5) is 10.1. The molecule has 0 saturated heterocycles. The number of aliphatic hydroxyl groups is 1. The third-order valence-corrected chi connectivity index (χ3v) is 1.44. The van der Waals surface area contributed by atoms with E-state index >= 15 is 0 Å². The van der Waals surface area contributed by atoms with Crippen LogP contribution in [0.25, 0.3) is 0 Å². The molecule has 0 aliphatic rings. The zero-order valence-corrected chi connectivity index (χ0v) is 7.65. The van der Waals surface area contributed by atoms with E-state index in [1.807, 2.05) is 24.3 Å². The van der Waals surface area contributed by atoms with Crippen molar-refractivity contribution in [2.24, 2.45) is 0 Å². The molecule has 0 saturated carbocycles. The van der Waals surface area contributed by atoms with Crippen LogP contribution in [-0.4, -0.2) is 22.8 Å². The second kappa shape index (κ2) is 9.00. The van der Waals surface area contributed by atoms with Crippen LogP contribution in [0.3, 0.4) is 0 Å². The van der Waals surface area contributed by atoms with Crippen LogP contribution < -0.4 is 0 Å². The highest BCUT2D eigenvalue weighted by atomic mass is 16.4. The number of allylic oxidation sites excluding steroid dienone is 4. The molecule has 0 aromatic rings. The Morgan fingerprint density at radius 2 is 1.77 bits per heavy atom. The molecule has 0 aromatic carbocycles. The van der Waals surface area contributed by atoms with Gasteiger partial charge in [0.15, 0.2) is 0 Å². The van der Waals surface area contributed by atoms with E-state index in [1.165, 1.54) is 0 Å². The van der Waals surface area contributed by atoms with Crippen LogP contribution in [0.2, 0.25) is 0 Å². The lowest BCUT2D eigenvalue weighted by atomic mass is 10.2. The molecule has 0 aliphatic carbocycles. The smallest absolute Gasteiger partial charge is 0.303 e. The van der Waals surface area contributed by atoms with Gasteiger partial charge in [0.05, 0.1) is 0 Å². The van der Waals surface area contributed by atoms with Crippen molar-refractivity contribution < 1.29 is 15.0 Å². The van der Waals surface area contributed by atoms with Crippen LogP contribution in [0.1, 0.15) is 25.7 Å². The van der Waals surface area contributed by atoms with Gasteiger partial charge < -0.3 is 10.2 Å². The number of hydrogen-bond donors (Lipinski definition) is 2. The first kappa shape index (κ1) is 11.9. The van der Waals surface area contributed by atoms with Gasteiger partial charge >= 0.3 is 5.97 Å². The normalized spacial score (nSPS) is 11.5. The van der Waals surface area contributed by atoms with E-state index in [1.54, 1.807) is 0 Å². The molecule has 0 aliphatic heterocycles. The van der Waals surface area contributed by atoms with E-state index in [2.05, 4.69) is 0 Å². The Morgan fingerprint density at radius 1 is 1.15 bits per heavy atom. The van der Waals surface area contributed by atoms with Gasteiger partial charge in [0.25, 0.3) is 0 Å². The first-order valence-corrected chi connectivity index (χ1v) is 4.41. The van der Waals surface area contributed by atoms with Gasteiger partial charge in [0.1, 0.15) is 0 Å². The Kier molecular flexibility index (Phi) is 8.25. The zero-order valence-electron chi connectivity index (χ0n) is 7.65. The van der Waals surface area contributed by atoms with Crippen LogP contribution in [0.5, 0.6) is 0 Å². The predicted octanol–water partition coefficient (Wildman–Crippen LogP) is 1.74. The van der Waals surface area contributed by atoms with Gasteiger partial charge in [-0.1, -0.05) is 24.3 Å². The number of unbranched alkanes of at least 4 members (excludes halogenated alkanes) is 1. The summed E-state index contributed by atoms with van der Waals surface area (Å²) in [5.74, 6) is -0.770. The standard InChI is InChI=1S/C10H16O3/c11-9-7-5-3-1-2-4-6-8-10(12)13/h1-4,11H,5-9H2,(H,12,13). The minimum absolute atomic E-state index is 0.182. The average Bonchev–Trinajstić information content (AvgIpc) is 2.09. The molecule has 0 rings (SSSR count). The Morgan fingerprint density at radius 3 is 2.31 bits per heavy atom. The molecule has 0 fully saturated rings. The summed E-state index contributed by atoms with van der Waals surface area (Å²) in [7, 11) is 0. The van der Waals surface area contributed by atoms with Gasteiger partial charge in [0.2, 0.25) is 0 Å². The monoisotopic (exact) mass is 184 g/mol. The molecule has 3 nitrogen and oxygen atoms in total. The molecule has 0 bridgehead atoms. The van der Waals surface area contributed by atoms with Crippen molar-refractivity contribution in [2.45, 2.75) is 25.7 Å². The Labute approximate surface area is 78.4 Å². The lowest BCUT2D eigenvalue weighted by Crippen LogP contribution is -1.91. The minimum atomic E-state index is -0.770. The van der Waals surface area contributed by atoms with Crippen molar-refractivity contribution in [1.29, 1.82) is 0 Å². The Bertz CT molecular complexity index is 183. The summed E-state index contributed by atoms with van der Waals surface area (Å²) in [5.41, 5.74) is 0. The first-order chi connectivity index (χ1) is 6.27. The number of rotatable bonds is 7. The van der Waals surface area contributed by atoms with Gasteiger partial charge in [-0.05, 0) is 19.3 Å². The molecule has 13 heavy (non-hydrogen) atoms. The maximum atomic E-state index is 10.1. The van der Waals surface area contributed by atoms with Crippen molar-refractivity contribution in [3.8, 4) is 0 Å². The van der Waals surface area contributed by atoms with Gasteiger partial charge in [-0.15, -0.1) is 0 Å². The maximum Gasteiger partial charge on any atom is 0.303 e. The molecule has 0 heterocycles. The fraction of sp³-hybridized carbons (Fsp3) is 0.500. The zero-order chi connectivity index (χ0) is 9.94. The number of carbonyl (C=O) groups is 1. The molecule has 3 heteroatoms. The molecule has 0 unspecified atom stereocenters. The minimum Gasteiger partial charge on any atom is -0.481 e. The van der Waals surface area contributed by atoms with Crippen LogP contribution >= 0.6 is 0 Å². The fourth-order valence-corrected chi connectivity index (χ4v) is 0.766. The summed E-state index contributed by atoms with van der Waals surface area (Å²) in [6, 6.07) is 0. The first-order valence-electron chi connectivity index (χ1n) is 4.41. The van der Waals surface area contributed by atoms with E-state index in [0.717, 1.165) is 12.8 Å². The van der Waals surface area contributed by atoms with Crippen molar-refractivity contribution in [3.63, 3.8) is 0 Å². The Hall–Kier alpha value is -1.09. The third-order valence-electron chi connectivity index (χ3n) is 1.44. The predicted molar refractivity (Wildman–Crippen MR) is 51.5 cm³/mol. The highest BCUT2D eigenvalue weighted by molar-refractivity contribution is 5.66. The second-order valence-corrected chi connectivity index (χ2v) is 2.65. The molecule has 0 radical (unpaired) electrons. The number of carboxylic acid groups (broad SMARTS) is 1. The molecule has 0 amide bonds. The van der Waals surface area contributed by atoms with Crippen molar-refractivity contribution in [1.82, 2.24) is 0 Å². The summed E-state index contributed by atoms with van der Waals surface area (Å²) in [6.07, 6.45) is 9.87. The number of aliphatic hydroxyl groups excluding tert-OH is 1. The second-order valence-electron chi connectivity index (χ2n) is 2.65. The largest absolute Gasteiger partial charge is 0.481 e. The highest BCUT2D eigenvalue weighted by Crippen LogP contribution is 1.93. The van der Waals surface area contributed by atoms with Gasteiger partial charge in [0, 0.05) is 13.0 Å². The van der Waals surface area contributed by atoms with Crippen molar-refractivity contribution >= 4 is 5.97 Å². The van der Waals surface area contributed by atoms with Crippen LogP contribution in [0.4, 0.5) is 0 Å². The van der Waals surface area contributed by atoms with E-state index in [-0.39, 0.29) is 13.0 Å². The third kappa shape index (κ3) is 10.9. The quantitative estimate of drug-likeness (QED) is 0.468. The highest BCUT2D eigenvalue weighted by Gasteiger charge is 1.90. The average molecular weight is 184 g/mol. The molecule has 0 aromatic heterocycles. The fourth-order valence-electron chi connectivity index (χ4n) is 0.766. The lowest BCUT2D eigenvalue weighted by Gasteiger charge is -1.86. The molecule has 0 spiro atoms. The van der Waals surface area contributed by atoms with Gasteiger partial charge in [-0.3, -0.25) is 4.79 Å². The van der Waals surface area contributed by atoms with Gasteiger partial charge in [-0.25, -0.2) is 0 Å². The van der Waals surface area contributed by atoms with E-state index in [9.17, 15) is 4.79 Å². The van der Waals surface area contributed by atoms with Crippen molar-refractivity contribution in [2.75, 3.05) is 6.61 Å². The van der Waals surface area contributed by atoms with Crippen LogP contribution in [0, 0.1) is 0 Å². The van der Waals surface area contributed by atoms with Crippen LogP contribution in [-0.2, 0) is 4.79 Å². The molecular formula is C10H16O3. The molecule has 74 valence electrons. The van der Waals surface area contributed by atoms with E-state index < -0.39 is 5.97 Å². The summed E-state index contributed by atoms with van der Waals surface area (Å²) < 4.78 is 0. The number of hydrogen-bond acceptors (Lipinski definition) is 2. The SMILES string of the molecule is O=C(O)CCC=CC=CCCCO. The summed E-state index contributed by atoms with van der Waals surface area (Å²) in [6.45, 7) is 0.215. The lowest BCUT2D eigenvalue weighted by molar-refractivity contribution is -0.136. The molecular weight excluding hydrogens is 168 g/mol. The van der Waals surface area contributed by atoms with Crippen LogP contribution in [0.15, 0.2) is 24.3 Å². The van der Waals surface area contributed by atoms with E-state index in [0.29, 0.717) is 6.42 Å². The van der Waals surface area contributed by atoms with Gasteiger partial charge in [-0.2, -0.15) is 0 Å². The molecule has 0 atom stereocenters. The summed E-state index contributed by atoms with van der Waals surface area (Å²) in [5, 5.41) is 16.8. The molecule has 2 N–H and O–H groups in total. The van der Waals surface area contributed by atoms with E-state index in [4.69, 9.17) is 10.2 Å².